The zero-order valence-electron chi connectivity index (χ0n) is 30.0. The van der Waals surface area contributed by atoms with Crippen LogP contribution in [-0.4, -0.2) is 70.1 Å². The number of thiol groups is 1. The van der Waals surface area contributed by atoms with Crippen LogP contribution in [0.15, 0.2) is 0 Å². The first-order valence-corrected chi connectivity index (χ1v) is 18.6. The lowest BCUT2D eigenvalue weighted by Gasteiger charge is -2.38. The molecule has 8 heteroatoms. The predicted octanol–water partition coefficient (Wildman–Crippen LogP) is 9.95. The summed E-state index contributed by atoms with van der Waals surface area (Å²) in [6, 6.07) is 0. The van der Waals surface area contributed by atoms with Gasteiger partial charge in [0.15, 0.2) is 0 Å². The summed E-state index contributed by atoms with van der Waals surface area (Å²) in [6.45, 7) is 22.3. The van der Waals surface area contributed by atoms with Crippen molar-refractivity contribution in [3.8, 4) is 0 Å². The first kappa shape index (κ1) is 45.2. The van der Waals surface area contributed by atoms with Gasteiger partial charge in [-0.2, -0.15) is 12.6 Å². The first-order chi connectivity index (χ1) is 20.9. The van der Waals surface area contributed by atoms with Crippen molar-refractivity contribution in [2.24, 2.45) is 5.92 Å². The summed E-state index contributed by atoms with van der Waals surface area (Å²) >= 11 is 4.51. The van der Waals surface area contributed by atoms with Gasteiger partial charge in [0, 0.05) is 57.9 Å². The van der Waals surface area contributed by atoms with Crippen molar-refractivity contribution in [2.45, 2.75) is 170 Å². The molecule has 0 aromatic heterocycles. The highest BCUT2D eigenvalue weighted by Gasteiger charge is 2.43. The average Bonchev–Trinajstić information content (AvgIpc) is 2.99. The molecule has 262 valence electrons. The highest BCUT2D eigenvalue weighted by molar-refractivity contribution is 7.80. The van der Waals surface area contributed by atoms with Crippen molar-refractivity contribution in [1.82, 2.24) is 0 Å². The van der Waals surface area contributed by atoms with Crippen molar-refractivity contribution < 1.29 is 33.2 Å². The second-order valence-corrected chi connectivity index (χ2v) is 11.1. The van der Waals surface area contributed by atoms with Gasteiger partial charge in [0.2, 0.25) is 0 Å². The van der Waals surface area contributed by atoms with E-state index >= 15 is 0 Å². The minimum absolute atomic E-state index is 0.173. The second-order valence-electron chi connectivity index (χ2n) is 10.7. The van der Waals surface area contributed by atoms with Crippen molar-refractivity contribution in [3.63, 3.8) is 0 Å². The van der Waals surface area contributed by atoms with E-state index < -0.39 is 11.9 Å². The third kappa shape index (κ3) is 20.7. The maximum atomic E-state index is 5.92. The van der Waals surface area contributed by atoms with Crippen molar-refractivity contribution in [1.29, 1.82) is 0 Å². The molecule has 0 aliphatic heterocycles. The number of hydrogen-bond donors (Lipinski definition) is 1. The van der Waals surface area contributed by atoms with Crippen LogP contribution in [0.2, 0.25) is 0 Å². The molecule has 0 spiro atoms. The Labute approximate surface area is 273 Å². The van der Waals surface area contributed by atoms with E-state index in [4.69, 9.17) is 33.2 Å². The lowest BCUT2D eigenvalue weighted by Crippen LogP contribution is -2.51. The van der Waals surface area contributed by atoms with E-state index in [0.717, 1.165) is 25.0 Å². The first-order valence-electron chi connectivity index (χ1n) is 18.0. The number of hydrogen-bond acceptors (Lipinski definition) is 8. The molecule has 2 atom stereocenters. The van der Waals surface area contributed by atoms with E-state index in [2.05, 4.69) is 26.5 Å². The summed E-state index contributed by atoms with van der Waals surface area (Å²) in [7, 11) is 0. The highest BCUT2D eigenvalue weighted by Crippen LogP contribution is 2.32. The van der Waals surface area contributed by atoms with Gasteiger partial charge in [-0.1, -0.05) is 90.9 Å². The zero-order valence-corrected chi connectivity index (χ0v) is 30.9. The largest absolute Gasteiger partial charge is 0.370 e. The topological polar surface area (TPSA) is 64.6 Å². The molecule has 0 fully saturated rings. The molecule has 0 radical (unpaired) electrons. The van der Waals surface area contributed by atoms with Gasteiger partial charge in [0.05, 0.1) is 0 Å². The fourth-order valence-electron chi connectivity index (χ4n) is 5.31. The lowest BCUT2D eigenvalue weighted by molar-refractivity contribution is -0.415. The molecule has 0 saturated heterocycles. The van der Waals surface area contributed by atoms with Gasteiger partial charge in [0.25, 0.3) is 5.97 Å². The van der Waals surface area contributed by atoms with Crippen LogP contribution in [0.25, 0.3) is 0 Å². The van der Waals surface area contributed by atoms with Crippen LogP contribution >= 0.6 is 12.6 Å². The molecule has 0 rings (SSSR count). The normalized spacial score (nSPS) is 13.5. The summed E-state index contributed by atoms with van der Waals surface area (Å²) in [4.78, 5) is 0. The fourth-order valence-corrected chi connectivity index (χ4v) is 5.72. The van der Waals surface area contributed by atoms with E-state index in [1.54, 1.807) is 0 Å². The molecule has 0 aliphatic rings. The molecule has 43 heavy (non-hydrogen) atoms. The fraction of sp³-hybridized carbons (Fsp3) is 1.00. The van der Waals surface area contributed by atoms with E-state index in [1.807, 2.05) is 48.5 Å². The Balaban J connectivity index is 0. The smallest absolute Gasteiger partial charge is 0.310 e. The minimum Gasteiger partial charge on any atom is -0.370 e. The van der Waals surface area contributed by atoms with Crippen LogP contribution in [0.3, 0.4) is 0 Å². The molecular weight excluding hydrogens is 564 g/mol. The van der Waals surface area contributed by atoms with Gasteiger partial charge in [-0.25, -0.2) is 0 Å². The summed E-state index contributed by atoms with van der Waals surface area (Å²) in [5.74, 6) is -1.08. The quantitative estimate of drug-likeness (QED) is 0.0460. The monoisotopic (exact) mass is 639 g/mol. The summed E-state index contributed by atoms with van der Waals surface area (Å²) in [5.41, 5.74) is 0. The maximum Gasteiger partial charge on any atom is 0.310 e. The van der Waals surface area contributed by atoms with Crippen molar-refractivity contribution >= 4 is 12.6 Å². The molecular formula is C35H74O7S. The van der Waals surface area contributed by atoms with Gasteiger partial charge in [-0.15, -0.1) is 0 Å². The summed E-state index contributed by atoms with van der Waals surface area (Å²) in [5, 5.41) is 0. The number of rotatable bonds is 31. The zero-order chi connectivity index (χ0) is 32.7. The second kappa shape index (κ2) is 32.0. The maximum absolute atomic E-state index is 5.92. The van der Waals surface area contributed by atoms with E-state index in [9.17, 15) is 0 Å². The van der Waals surface area contributed by atoms with Crippen LogP contribution in [0.5, 0.6) is 0 Å². The Kier molecular flexibility index (Phi) is 33.7. The highest BCUT2D eigenvalue weighted by atomic mass is 32.1. The molecule has 0 amide bonds. The average molecular weight is 639 g/mol. The summed E-state index contributed by atoms with van der Waals surface area (Å²) < 4.78 is 41.1. The van der Waals surface area contributed by atoms with Crippen molar-refractivity contribution in [2.75, 3.05) is 52.0 Å². The summed E-state index contributed by atoms with van der Waals surface area (Å²) in [6.07, 6.45) is 17.1. The molecule has 0 N–H and O–H groups in total. The molecule has 0 aliphatic carbocycles. The molecule has 0 aromatic carbocycles. The minimum atomic E-state index is -1.06. The SMILES string of the molecule is CCCCCCCCC(CS)C(OCC)(OCC)OCC.CCCCCCCCC(OCC)C(OCC)(OCC)OCC. The molecule has 0 saturated carbocycles. The van der Waals surface area contributed by atoms with Gasteiger partial charge in [0.1, 0.15) is 6.10 Å². The van der Waals surface area contributed by atoms with E-state index in [-0.39, 0.29) is 12.0 Å². The van der Waals surface area contributed by atoms with Crippen LogP contribution in [0.1, 0.15) is 152 Å². The standard InChI is InChI=1S/C18H38O4.C17H36O3S/c1-6-11-12-13-14-15-16-17(19-7-2)18(20-8-3,21-9-4)22-10-5;1-5-9-10-11-12-13-14-16(15-21)17(18-6-2,19-7-3)20-8-4/h17H,6-16H2,1-5H3;16,21H,5-15H2,1-4H3. The van der Waals surface area contributed by atoms with Crippen LogP contribution in [0.4, 0.5) is 0 Å². The van der Waals surface area contributed by atoms with Gasteiger partial charge >= 0.3 is 5.97 Å². The third-order valence-electron chi connectivity index (χ3n) is 7.28. The van der Waals surface area contributed by atoms with Crippen LogP contribution in [0, 0.1) is 5.92 Å². The van der Waals surface area contributed by atoms with Crippen molar-refractivity contribution in [3.05, 3.63) is 0 Å². The predicted molar refractivity (Wildman–Crippen MR) is 184 cm³/mol. The Hall–Kier alpha value is 0.0700. The van der Waals surface area contributed by atoms with Gasteiger partial charge < -0.3 is 33.2 Å². The Morgan fingerprint density at radius 2 is 0.767 bits per heavy atom. The van der Waals surface area contributed by atoms with Crippen LogP contribution < -0.4 is 0 Å². The Bertz CT molecular complexity index is 518. The molecule has 2 unspecified atom stereocenters. The lowest BCUT2D eigenvalue weighted by atomic mass is 9.99. The Morgan fingerprint density at radius 3 is 1.12 bits per heavy atom. The number of ether oxygens (including phenoxy) is 7. The van der Waals surface area contributed by atoms with E-state index in [1.165, 1.54) is 70.6 Å². The Morgan fingerprint density at radius 1 is 0.419 bits per heavy atom. The van der Waals surface area contributed by atoms with Gasteiger partial charge in [-0.05, 0) is 61.3 Å². The number of unbranched alkanes of at least 4 members (excludes halogenated alkanes) is 10. The van der Waals surface area contributed by atoms with Crippen LogP contribution in [-0.2, 0) is 33.2 Å². The molecule has 0 aromatic rings. The van der Waals surface area contributed by atoms with E-state index in [0.29, 0.717) is 46.2 Å². The van der Waals surface area contributed by atoms with Gasteiger partial charge in [-0.3, -0.25) is 0 Å². The molecule has 0 heterocycles. The molecule has 0 bridgehead atoms. The third-order valence-corrected chi connectivity index (χ3v) is 7.72. The molecule has 7 nitrogen and oxygen atoms in total.